The second-order valence-corrected chi connectivity index (χ2v) is 7.62. The van der Waals surface area contributed by atoms with Crippen molar-refractivity contribution in [2.75, 3.05) is 12.3 Å². The zero-order valence-corrected chi connectivity index (χ0v) is 13.6. The molecule has 0 bridgehead atoms. The molecule has 0 heterocycles. The number of unbranched alkanes of at least 4 members (excludes halogenated alkanes) is 1. The van der Waals surface area contributed by atoms with E-state index in [4.69, 9.17) is 28.9 Å². The third-order valence-corrected chi connectivity index (χ3v) is 6.21. The molecule has 20 heavy (non-hydrogen) atoms. The summed E-state index contributed by atoms with van der Waals surface area (Å²) in [6, 6.07) is 3.00. The Balaban J connectivity index is 2.40. The fourth-order valence-electron chi connectivity index (χ4n) is 2.05. The van der Waals surface area contributed by atoms with Crippen molar-refractivity contribution in [1.29, 1.82) is 0 Å². The van der Waals surface area contributed by atoms with E-state index in [0.717, 1.165) is 25.7 Å². The Morgan fingerprint density at radius 2 is 2.00 bits per heavy atom. The standard InChI is InChI=1S/C13H18Cl2N2O2S/c1-2-3-8-17(9-4-5-9)20(18,19)11-7-6-10(14)13(16)12(11)15/h6-7,9H,2-5,8,16H2,1H3. The van der Waals surface area contributed by atoms with Crippen LogP contribution >= 0.6 is 23.2 Å². The smallest absolute Gasteiger partial charge is 0.244 e. The molecule has 4 nitrogen and oxygen atoms in total. The molecule has 0 amide bonds. The summed E-state index contributed by atoms with van der Waals surface area (Å²) < 4.78 is 27.0. The van der Waals surface area contributed by atoms with Gasteiger partial charge in [-0.3, -0.25) is 0 Å². The van der Waals surface area contributed by atoms with Gasteiger partial charge in [-0.25, -0.2) is 8.42 Å². The number of nitrogens with zero attached hydrogens (tertiary/aromatic N) is 1. The van der Waals surface area contributed by atoms with Crippen LogP contribution < -0.4 is 5.73 Å². The lowest BCUT2D eigenvalue weighted by molar-refractivity contribution is 0.396. The minimum Gasteiger partial charge on any atom is -0.396 e. The molecule has 0 aromatic heterocycles. The number of hydrogen-bond donors (Lipinski definition) is 1. The average molecular weight is 337 g/mol. The Bertz CT molecular complexity index is 601. The highest BCUT2D eigenvalue weighted by Crippen LogP contribution is 2.38. The maximum atomic E-state index is 12.7. The highest BCUT2D eigenvalue weighted by atomic mass is 35.5. The SMILES string of the molecule is CCCCN(C1CC1)S(=O)(=O)c1ccc(Cl)c(N)c1Cl. The van der Waals surface area contributed by atoms with Crippen LogP contribution in [0.25, 0.3) is 0 Å². The van der Waals surface area contributed by atoms with E-state index in [9.17, 15) is 8.42 Å². The monoisotopic (exact) mass is 336 g/mol. The van der Waals surface area contributed by atoms with Gasteiger partial charge in [0.1, 0.15) is 4.90 Å². The number of sulfonamides is 1. The van der Waals surface area contributed by atoms with Gasteiger partial charge < -0.3 is 5.73 Å². The summed E-state index contributed by atoms with van der Waals surface area (Å²) in [6.45, 7) is 2.55. The molecule has 0 saturated heterocycles. The second-order valence-electron chi connectivity index (χ2n) is 4.97. The summed E-state index contributed by atoms with van der Waals surface area (Å²) in [5, 5.41) is 0.278. The molecule has 7 heteroatoms. The Morgan fingerprint density at radius 3 is 2.55 bits per heavy atom. The normalized spacial score (nSPS) is 15.8. The van der Waals surface area contributed by atoms with Gasteiger partial charge in [0.2, 0.25) is 10.0 Å². The molecule has 1 aromatic rings. The Labute approximate surface area is 129 Å². The average Bonchev–Trinajstić information content (AvgIpc) is 3.20. The van der Waals surface area contributed by atoms with E-state index in [1.807, 2.05) is 6.92 Å². The van der Waals surface area contributed by atoms with Crippen molar-refractivity contribution in [1.82, 2.24) is 4.31 Å². The first-order chi connectivity index (χ1) is 9.39. The topological polar surface area (TPSA) is 63.4 Å². The van der Waals surface area contributed by atoms with E-state index in [0.29, 0.717) is 6.54 Å². The van der Waals surface area contributed by atoms with Crippen molar-refractivity contribution < 1.29 is 8.42 Å². The number of anilines is 1. The molecule has 1 aromatic carbocycles. The summed E-state index contributed by atoms with van der Waals surface area (Å²) in [5.41, 5.74) is 5.84. The summed E-state index contributed by atoms with van der Waals surface area (Å²) in [4.78, 5) is 0.0454. The minimum atomic E-state index is -3.62. The van der Waals surface area contributed by atoms with Crippen LogP contribution in [0.15, 0.2) is 17.0 Å². The van der Waals surface area contributed by atoms with Crippen LogP contribution in [0.1, 0.15) is 32.6 Å². The molecule has 1 aliphatic rings. The van der Waals surface area contributed by atoms with Crippen LogP contribution in [0.4, 0.5) is 5.69 Å². The third-order valence-electron chi connectivity index (χ3n) is 3.36. The van der Waals surface area contributed by atoms with Crippen LogP contribution in [0.2, 0.25) is 10.0 Å². The first-order valence-electron chi connectivity index (χ1n) is 6.65. The summed E-state index contributed by atoms with van der Waals surface area (Å²) in [5.74, 6) is 0. The van der Waals surface area contributed by atoms with Crippen molar-refractivity contribution in [3.8, 4) is 0 Å². The Hall–Kier alpha value is -0.490. The molecule has 1 saturated carbocycles. The molecule has 1 aliphatic carbocycles. The molecule has 0 aliphatic heterocycles. The van der Waals surface area contributed by atoms with Crippen LogP contribution in [-0.2, 0) is 10.0 Å². The van der Waals surface area contributed by atoms with Gasteiger partial charge in [0, 0.05) is 12.6 Å². The molecule has 0 atom stereocenters. The maximum absolute atomic E-state index is 12.7. The lowest BCUT2D eigenvalue weighted by Crippen LogP contribution is -2.34. The Morgan fingerprint density at radius 1 is 1.35 bits per heavy atom. The lowest BCUT2D eigenvalue weighted by atomic mass is 10.3. The van der Waals surface area contributed by atoms with Crippen molar-refractivity contribution in [3.05, 3.63) is 22.2 Å². The third kappa shape index (κ3) is 3.06. The molecule has 2 rings (SSSR count). The van der Waals surface area contributed by atoms with E-state index in [-0.39, 0.29) is 26.7 Å². The number of nitrogens with two attached hydrogens (primary N) is 1. The van der Waals surface area contributed by atoms with Crippen LogP contribution in [0.3, 0.4) is 0 Å². The van der Waals surface area contributed by atoms with E-state index in [2.05, 4.69) is 0 Å². The van der Waals surface area contributed by atoms with Gasteiger partial charge >= 0.3 is 0 Å². The first kappa shape index (κ1) is 15.9. The summed E-state index contributed by atoms with van der Waals surface area (Å²) >= 11 is 11.9. The largest absolute Gasteiger partial charge is 0.396 e. The first-order valence-corrected chi connectivity index (χ1v) is 8.84. The van der Waals surface area contributed by atoms with Crippen molar-refractivity contribution in [2.45, 2.75) is 43.5 Å². The quantitative estimate of drug-likeness (QED) is 0.808. The van der Waals surface area contributed by atoms with E-state index in [1.165, 1.54) is 12.1 Å². The molecule has 0 spiro atoms. The van der Waals surface area contributed by atoms with Gasteiger partial charge in [-0.1, -0.05) is 36.5 Å². The van der Waals surface area contributed by atoms with E-state index < -0.39 is 10.0 Å². The molecule has 0 radical (unpaired) electrons. The molecule has 0 unspecified atom stereocenters. The number of nitrogen functional groups attached to an aromatic ring is 1. The minimum absolute atomic E-state index is 0.0136. The van der Waals surface area contributed by atoms with Crippen LogP contribution in [0, 0.1) is 0 Å². The van der Waals surface area contributed by atoms with Gasteiger partial charge in [0.05, 0.1) is 15.7 Å². The van der Waals surface area contributed by atoms with Gasteiger partial charge in [0.25, 0.3) is 0 Å². The maximum Gasteiger partial charge on any atom is 0.244 e. The Kier molecular flexibility index (Phi) is 4.84. The van der Waals surface area contributed by atoms with E-state index >= 15 is 0 Å². The molecule has 2 N–H and O–H groups in total. The fraction of sp³-hybridized carbons (Fsp3) is 0.538. The van der Waals surface area contributed by atoms with Crippen LogP contribution in [0.5, 0.6) is 0 Å². The summed E-state index contributed by atoms with van der Waals surface area (Å²) in [6.07, 6.45) is 3.58. The summed E-state index contributed by atoms with van der Waals surface area (Å²) in [7, 11) is -3.62. The number of halogens is 2. The highest BCUT2D eigenvalue weighted by molar-refractivity contribution is 7.89. The molecule has 112 valence electrons. The van der Waals surface area contributed by atoms with Gasteiger partial charge in [0.15, 0.2) is 0 Å². The van der Waals surface area contributed by atoms with Crippen molar-refractivity contribution >= 4 is 38.9 Å². The molecular weight excluding hydrogens is 319 g/mol. The predicted octanol–water partition coefficient (Wildman–Crippen LogP) is 3.53. The van der Waals surface area contributed by atoms with Crippen molar-refractivity contribution in [2.24, 2.45) is 0 Å². The molecular formula is C13H18Cl2N2O2S. The zero-order valence-electron chi connectivity index (χ0n) is 11.3. The van der Waals surface area contributed by atoms with Crippen LogP contribution in [-0.4, -0.2) is 25.3 Å². The lowest BCUT2D eigenvalue weighted by Gasteiger charge is -2.22. The number of rotatable bonds is 6. The molecule has 1 fully saturated rings. The number of hydrogen-bond acceptors (Lipinski definition) is 3. The van der Waals surface area contributed by atoms with Gasteiger partial charge in [-0.15, -0.1) is 0 Å². The zero-order chi connectivity index (χ0) is 14.9. The van der Waals surface area contributed by atoms with Gasteiger partial charge in [-0.05, 0) is 31.4 Å². The second kappa shape index (κ2) is 6.10. The predicted molar refractivity (Wildman–Crippen MR) is 82.7 cm³/mol. The van der Waals surface area contributed by atoms with Crippen molar-refractivity contribution in [3.63, 3.8) is 0 Å². The van der Waals surface area contributed by atoms with E-state index in [1.54, 1.807) is 4.31 Å². The highest BCUT2D eigenvalue weighted by Gasteiger charge is 2.38. The number of benzene rings is 1. The fourth-order valence-corrected chi connectivity index (χ4v) is 4.52. The van der Waals surface area contributed by atoms with Gasteiger partial charge in [-0.2, -0.15) is 4.31 Å².